The molecule has 0 spiro atoms. The molecule has 0 aliphatic heterocycles. The molecule has 0 amide bonds. The summed E-state index contributed by atoms with van der Waals surface area (Å²) in [5.74, 6) is -2.40. The van der Waals surface area contributed by atoms with Crippen LogP contribution in [0.15, 0.2) is 36.4 Å². The Kier molecular flexibility index (Phi) is 3.46. The van der Waals surface area contributed by atoms with E-state index in [1.807, 2.05) is 0 Å². The summed E-state index contributed by atoms with van der Waals surface area (Å²) >= 11 is 0. The summed E-state index contributed by atoms with van der Waals surface area (Å²) < 4.78 is 27.1. The number of carbonyl (C=O) groups is 1. The van der Waals surface area contributed by atoms with Crippen LogP contribution in [-0.4, -0.2) is 11.1 Å². The minimum Gasteiger partial charge on any atom is -0.478 e. The van der Waals surface area contributed by atoms with Crippen LogP contribution in [0.3, 0.4) is 0 Å². The van der Waals surface area contributed by atoms with Gasteiger partial charge in [-0.3, -0.25) is 0 Å². The molecule has 2 aromatic rings. The summed E-state index contributed by atoms with van der Waals surface area (Å²) in [4.78, 5) is 11.0. The van der Waals surface area contributed by atoms with E-state index in [0.29, 0.717) is 11.3 Å². The van der Waals surface area contributed by atoms with E-state index in [1.54, 1.807) is 6.07 Å². The van der Waals surface area contributed by atoms with Gasteiger partial charge in [0.1, 0.15) is 11.6 Å². The van der Waals surface area contributed by atoms with Gasteiger partial charge in [-0.05, 0) is 31.2 Å². The van der Waals surface area contributed by atoms with E-state index in [4.69, 9.17) is 5.11 Å². The van der Waals surface area contributed by atoms with E-state index in [9.17, 15) is 13.6 Å². The Labute approximate surface area is 108 Å². The third-order valence-electron chi connectivity index (χ3n) is 2.77. The van der Waals surface area contributed by atoms with Crippen molar-refractivity contribution in [2.24, 2.45) is 0 Å². The molecule has 0 saturated carbocycles. The number of hydrogen-bond acceptors (Lipinski definition) is 2. The number of para-hydroxylation sites is 1. The number of hydrogen-bond donors (Lipinski definition) is 2. The van der Waals surface area contributed by atoms with Gasteiger partial charge in [-0.25, -0.2) is 13.6 Å². The van der Waals surface area contributed by atoms with E-state index >= 15 is 0 Å². The van der Waals surface area contributed by atoms with Crippen molar-refractivity contribution in [3.05, 3.63) is 59.2 Å². The maximum absolute atomic E-state index is 13.7. The zero-order chi connectivity index (χ0) is 14.0. The van der Waals surface area contributed by atoms with Gasteiger partial charge >= 0.3 is 5.97 Å². The lowest BCUT2D eigenvalue weighted by Crippen LogP contribution is -2.06. The third kappa shape index (κ3) is 2.54. The quantitative estimate of drug-likeness (QED) is 0.887. The van der Waals surface area contributed by atoms with Crippen LogP contribution in [0.1, 0.15) is 15.9 Å². The highest BCUT2D eigenvalue weighted by atomic mass is 19.1. The van der Waals surface area contributed by atoms with Gasteiger partial charge in [0.2, 0.25) is 0 Å². The van der Waals surface area contributed by atoms with Gasteiger partial charge in [0, 0.05) is 11.3 Å². The lowest BCUT2D eigenvalue weighted by molar-refractivity contribution is 0.0697. The van der Waals surface area contributed by atoms with Crippen LogP contribution >= 0.6 is 0 Å². The molecule has 2 rings (SSSR count). The van der Waals surface area contributed by atoms with Gasteiger partial charge in [0.05, 0.1) is 11.3 Å². The second kappa shape index (κ2) is 5.06. The highest BCUT2D eigenvalue weighted by Crippen LogP contribution is 2.27. The van der Waals surface area contributed by atoms with Crippen LogP contribution in [-0.2, 0) is 0 Å². The predicted molar refractivity (Wildman–Crippen MR) is 67.8 cm³/mol. The molecule has 98 valence electrons. The minimum absolute atomic E-state index is 0.177. The molecule has 2 aromatic carbocycles. The van der Waals surface area contributed by atoms with Gasteiger partial charge in [-0.1, -0.05) is 12.1 Å². The first-order valence-electron chi connectivity index (χ1n) is 5.54. The van der Waals surface area contributed by atoms with Crippen molar-refractivity contribution in [1.29, 1.82) is 0 Å². The van der Waals surface area contributed by atoms with E-state index in [2.05, 4.69) is 5.32 Å². The lowest BCUT2D eigenvalue weighted by atomic mass is 10.1. The van der Waals surface area contributed by atoms with Crippen molar-refractivity contribution >= 4 is 17.3 Å². The van der Waals surface area contributed by atoms with Crippen molar-refractivity contribution in [3.8, 4) is 0 Å². The summed E-state index contributed by atoms with van der Waals surface area (Å²) in [6, 6.07) is 8.02. The Morgan fingerprint density at radius 1 is 1.11 bits per heavy atom. The Hall–Kier alpha value is -2.43. The number of carboxylic acid groups (broad SMARTS) is 1. The number of benzene rings is 2. The highest BCUT2D eigenvalue weighted by molar-refractivity contribution is 5.95. The molecule has 19 heavy (non-hydrogen) atoms. The summed E-state index contributed by atoms with van der Waals surface area (Å²) in [5, 5.41) is 11.6. The minimum atomic E-state index is -1.25. The molecule has 0 unspecified atom stereocenters. The average molecular weight is 263 g/mol. The van der Waals surface area contributed by atoms with Crippen LogP contribution in [0.5, 0.6) is 0 Å². The van der Waals surface area contributed by atoms with Crippen molar-refractivity contribution in [3.63, 3.8) is 0 Å². The van der Waals surface area contributed by atoms with Crippen molar-refractivity contribution in [2.75, 3.05) is 5.32 Å². The van der Waals surface area contributed by atoms with Gasteiger partial charge in [-0.2, -0.15) is 0 Å². The number of halogens is 2. The first-order valence-corrected chi connectivity index (χ1v) is 5.54. The molecule has 0 saturated heterocycles. The Morgan fingerprint density at radius 3 is 2.42 bits per heavy atom. The van der Waals surface area contributed by atoms with Crippen LogP contribution in [0, 0.1) is 18.6 Å². The van der Waals surface area contributed by atoms with Crippen LogP contribution < -0.4 is 5.32 Å². The Bertz CT molecular complexity index is 641. The van der Waals surface area contributed by atoms with E-state index in [-0.39, 0.29) is 11.3 Å². The monoisotopic (exact) mass is 263 g/mol. The fourth-order valence-corrected chi connectivity index (χ4v) is 1.71. The van der Waals surface area contributed by atoms with Gasteiger partial charge in [-0.15, -0.1) is 0 Å². The standard InChI is InChI=1S/C14H11F2NO2/c1-8-10(15)5-3-7-12(8)17-13-9(14(18)19)4-2-6-11(13)16/h2-7,17H,1H3,(H,18,19). The first kappa shape index (κ1) is 13.0. The fraction of sp³-hybridized carbons (Fsp3) is 0.0714. The number of rotatable bonds is 3. The largest absolute Gasteiger partial charge is 0.478 e. The summed E-state index contributed by atoms with van der Waals surface area (Å²) in [7, 11) is 0. The second-order valence-electron chi connectivity index (χ2n) is 4.00. The Morgan fingerprint density at radius 2 is 1.74 bits per heavy atom. The van der Waals surface area contributed by atoms with Crippen molar-refractivity contribution < 1.29 is 18.7 Å². The van der Waals surface area contributed by atoms with Gasteiger partial charge < -0.3 is 10.4 Å². The molecule has 0 heterocycles. The zero-order valence-corrected chi connectivity index (χ0v) is 10.1. The molecule has 0 bridgehead atoms. The number of anilines is 2. The van der Waals surface area contributed by atoms with Crippen LogP contribution in [0.2, 0.25) is 0 Å². The SMILES string of the molecule is Cc1c(F)cccc1Nc1c(F)cccc1C(=O)O. The summed E-state index contributed by atoms with van der Waals surface area (Å²) in [6.45, 7) is 1.53. The van der Waals surface area contributed by atoms with Crippen molar-refractivity contribution in [1.82, 2.24) is 0 Å². The maximum atomic E-state index is 13.7. The normalized spacial score (nSPS) is 10.3. The van der Waals surface area contributed by atoms with E-state index < -0.39 is 17.6 Å². The predicted octanol–water partition coefficient (Wildman–Crippen LogP) is 3.72. The maximum Gasteiger partial charge on any atom is 0.337 e. The molecule has 0 aliphatic rings. The zero-order valence-electron chi connectivity index (χ0n) is 10.1. The molecule has 2 N–H and O–H groups in total. The van der Waals surface area contributed by atoms with Crippen molar-refractivity contribution in [2.45, 2.75) is 6.92 Å². The first-order chi connectivity index (χ1) is 9.00. The molecule has 0 fully saturated rings. The fourth-order valence-electron chi connectivity index (χ4n) is 1.71. The van der Waals surface area contributed by atoms with E-state index in [1.165, 1.54) is 31.2 Å². The smallest absolute Gasteiger partial charge is 0.337 e. The topological polar surface area (TPSA) is 49.3 Å². The van der Waals surface area contributed by atoms with Gasteiger partial charge in [0.15, 0.2) is 0 Å². The number of carboxylic acids is 1. The molecule has 5 heteroatoms. The Balaban J connectivity index is 2.49. The molecule has 0 aliphatic carbocycles. The second-order valence-corrected chi connectivity index (χ2v) is 4.00. The van der Waals surface area contributed by atoms with Gasteiger partial charge in [0.25, 0.3) is 0 Å². The molecule has 0 atom stereocenters. The third-order valence-corrected chi connectivity index (χ3v) is 2.77. The van der Waals surface area contributed by atoms with Crippen LogP contribution in [0.4, 0.5) is 20.2 Å². The molecular weight excluding hydrogens is 252 g/mol. The molecule has 3 nitrogen and oxygen atoms in total. The molecule has 0 aromatic heterocycles. The molecular formula is C14H11F2NO2. The average Bonchev–Trinajstić information content (AvgIpc) is 2.36. The molecule has 0 radical (unpaired) electrons. The van der Waals surface area contributed by atoms with E-state index in [0.717, 1.165) is 6.07 Å². The summed E-state index contributed by atoms with van der Waals surface area (Å²) in [5.41, 5.74) is 0.238. The number of aromatic carboxylic acids is 1. The number of nitrogens with one attached hydrogen (secondary N) is 1. The lowest BCUT2D eigenvalue weighted by Gasteiger charge is -2.13. The van der Waals surface area contributed by atoms with Crippen LogP contribution in [0.25, 0.3) is 0 Å². The highest BCUT2D eigenvalue weighted by Gasteiger charge is 2.15. The summed E-state index contributed by atoms with van der Waals surface area (Å²) in [6.07, 6.45) is 0.